The van der Waals surface area contributed by atoms with Crippen LogP contribution in [0.4, 0.5) is 4.39 Å². The van der Waals surface area contributed by atoms with E-state index < -0.39 is 0 Å². The van der Waals surface area contributed by atoms with E-state index in [-0.39, 0.29) is 17.8 Å². The summed E-state index contributed by atoms with van der Waals surface area (Å²) in [5, 5.41) is 0. The topological polar surface area (TPSA) is 38.1 Å². The van der Waals surface area contributed by atoms with Crippen molar-refractivity contribution in [2.45, 2.75) is 38.8 Å². The molecule has 0 saturated heterocycles. The maximum absolute atomic E-state index is 13.9. The second-order valence-corrected chi connectivity index (χ2v) is 5.81. The number of carbonyl (C=O) groups is 1. The van der Waals surface area contributed by atoms with Crippen LogP contribution in [-0.4, -0.2) is 27.4 Å². The molecule has 0 aliphatic carbocycles. The van der Waals surface area contributed by atoms with Crippen molar-refractivity contribution in [3.63, 3.8) is 0 Å². The Kier molecular flexibility index (Phi) is 3.96. The number of benzene rings is 1. The fourth-order valence-corrected chi connectivity index (χ4v) is 2.89. The first-order valence-corrected chi connectivity index (χ1v) is 7.65. The molecule has 3 rings (SSSR count). The van der Waals surface area contributed by atoms with Gasteiger partial charge in [0.15, 0.2) is 0 Å². The first-order valence-electron chi connectivity index (χ1n) is 7.65. The molecule has 0 radical (unpaired) electrons. The van der Waals surface area contributed by atoms with Crippen LogP contribution in [0.25, 0.3) is 0 Å². The van der Waals surface area contributed by atoms with Crippen LogP contribution in [0, 0.1) is 5.82 Å². The zero-order valence-corrected chi connectivity index (χ0v) is 12.9. The van der Waals surface area contributed by atoms with Gasteiger partial charge in [0.05, 0.1) is 6.04 Å². The number of fused-ring (bicyclic) bond motifs is 1. The molecule has 116 valence electrons. The Hall–Kier alpha value is -2.17. The van der Waals surface area contributed by atoms with E-state index >= 15 is 0 Å². The maximum atomic E-state index is 13.9. The summed E-state index contributed by atoms with van der Waals surface area (Å²) in [7, 11) is 1.69. The first-order chi connectivity index (χ1) is 10.6. The molecule has 2 aromatic rings. The van der Waals surface area contributed by atoms with E-state index in [1.54, 1.807) is 30.1 Å². The van der Waals surface area contributed by atoms with Gasteiger partial charge in [-0.1, -0.05) is 18.2 Å². The van der Waals surface area contributed by atoms with Crippen LogP contribution in [0.15, 0.2) is 30.5 Å². The minimum atomic E-state index is -0.340. The minimum absolute atomic E-state index is 0.169. The van der Waals surface area contributed by atoms with Crippen molar-refractivity contribution in [2.24, 2.45) is 0 Å². The lowest BCUT2D eigenvalue weighted by atomic mass is 10.1. The van der Waals surface area contributed by atoms with Gasteiger partial charge < -0.3 is 9.47 Å². The lowest BCUT2D eigenvalue weighted by Crippen LogP contribution is -2.30. The molecule has 0 bridgehead atoms. The highest BCUT2D eigenvalue weighted by Gasteiger charge is 2.24. The fraction of sp³-hybridized carbons (Fsp3) is 0.412. The predicted molar refractivity (Wildman–Crippen MR) is 82.1 cm³/mol. The van der Waals surface area contributed by atoms with Gasteiger partial charge in [0.25, 0.3) is 5.91 Å². The summed E-state index contributed by atoms with van der Waals surface area (Å²) < 4.78 is 15.9. The number of rotatable bonds is 3. The molecule has 1 atom stereocenters. The van der Waals surface area contributed by atoms with Gasteiger partial charge in [-0.25, -0.2) is 9.37 Å². The van der Waals surface area contributed by atoms with Gasteiger partial charge in [0.1, 0.15) is 17.3 Å². The zero-order chi connectivity index (χ0) is 15.7. The molecule has 5 heteroatoms. The number of halogens is 1. The van der Waals surface area contributed by atoms with Crippen molar-refractivity contribution < 1.29 is 9.18 Å². The van der Waals surface area contributed by atoms with Crippen molar-refractivity contribution in [1.29, 1.82) is 0 Å². The number of imidazole rings is 1. The number of nitrogens with zero attached hydrogens (tertiary/aromatic N) is 3. The van der Waals surface area contributed by atoms with Gasteiger partial charge in [-0.05, 0) is 25.8 Å². The number of hydrogen-bond acceptors (Lipinski definition) is 2. The molecule has 1 aliphatic rings. The van der Waals surface area contributed by atoms with Gasteiger partial charge in [0, 0.05) is 31.8 Å². The average molecular weight is 301 g/mol. The summed E-state index contributed by atoms with van der Waals surface area (Å²) in [4.78, 5) is 18.6. The number of aryl methyl sites for hydroxylation is 2. The molecule has 0 saturated carbocycles. The van der Waals surface area contributed by atoms with E-state index in [4.69, 9.17) is 0 Å². The van der Waals surface area contributed by atoms with Crippen molar-refractivity contribution in [3.05, 3.63) is 53.4 Å². The number of aromatic nitrogens is 2. The molecule has 1 aromatic carbocycles. The molecule has 22 heavy (non-hydrogen) atoms. The fourth-order valence-electron chi connectivity index (χ4n) is 2.89. The van der Waals surface area contributed by atoms with Crippen LogP contribution in [0.3, 0.4) is 0 Å². The van der Waals surface area contributed by atoms with E-state index in [1.807, 2.05) is 13.1 Å². The smallest absolute Gasteiger partial charge is 0.274 e. The second-order valence-electron chi connectivity index (χ2n) is 5.81. The normalized spacial score (nSPS) is 15.2. The summed E-state index contributed by atoms with van der Waals surface area (Å²) in [6.07, 6.45) is 4.98. The van der Waals surface area contributed by atoms with Crippen molar-refractivity contribution in [2.75, 3.05) is 7.05 Å². The van der Waals surface area contributed by atoms with Gasteiger partial charge in [-0.15, -0.1) is 0 Å². The Balaban J connectivity index is 1.82. The van der Waals surface area contributed by atoms with Gasteiger partial charge in [0.2, 0.25) is 0 Å². The molecule has 4 nitrogen and oxygen atoms in total. The molecule has 1 aliphatic heterocycles. The van der Waals surface area contributed by atoms with Crippen LogP contribution >= 0.6 is 0 Å². The number of carbonyl (C=O) groups excluding carboxylic acids is 1. The van der Waals surface area contributed by atoms with E-state index in [9.17, 15) is 9.18 Å². The molecule has 2 heterocycles. The van der Waals surface area contributed by atoms with Gasteiger partial charge in [-0.2, -0.15) is 0 Å². The molecule has 0 fully saturated rings. The van der Waals surface area contributed by atoms with Crippen molar-refractivity contribution in [3.8, 4) is 0 Å². The highest BCUT2D eigenvalue weighted by molar-refractivity contribution is 5.92. The lowest BCUT2D eigenvalue weighted by Gasteiger charge is -2.24. The van der Waals surface area contributed by atoms with Crippen molar-refractivity contribution >= 4 is 5.91 Å². The summed E-state index contributed by atoms with van der Waals surface area (Å²) in [6, 6.07) is 6.22. The second kappa shape index (κ2) is 5.91. The molecule has 1 amide bonds. The first kappa shape index (κ1) is 14.8. The van der Waals surface area contributed by atoms with Gasteiger partial charge in [-0.3, -0.25) is 4.79 Å². The minimum Gasteiger partial charge on any atom is -0.334 e. The molecule has 0 spiro atoms. The molecule has 1 unspecified atom stereocenters. The SMILES string of the molecule is CC(c1ccccc1F)N(C)C(=O)c1cn2c(n1)CCCC2. The highest BCUT2D eigenvalue weighted by atomic mass is 19.1. The van der Waals surface area contributed by atoms with Crippen LogP contribution in [0.5, 0.6) is 0 Å². The van der Waals surface area contributed by atoms with Crippen LogP contribution in [0.1, 0.15) is 47.7 Å². The molecular formula is C17H20FN3O. The largest absolute Gasteiger partial charge is 0.334 e. The Morgan fingerprint density at radius 2 is 2.14 bits per heavy atom. The Morgan fingerprint density at radius 1 is 1.36 bits per heavy atom. The molecule has 1 aromatic heterocycles. The standard InChI is InChI=1S/C17H20FN3O/c1-12(13-7-3-4-8-14(13)18)20(2)17(22)15-11-21-10-6-5-9-16(21)19-15/h3-4,7-8,11-12H,5-6,9-10H2,1-2H3. The van der Waals surface area contributed by atoms with Crippen LogP contribution < -0.4 is 0 Å². The van der Waals surface area contributed by atoms with E-state index in [2.05, 4.69) is 9.55 Å². The number of hydrogen-bond donors (Lipinski definition) is 0. The van der Waals surface area contributed by atoms with Crippen LogP contribution in [-0.2, 0) is 13.0 Å². The molecular weight excluding hydrogens is 281 g/mol. The van der Waals surface area contributed by atoms with Crippen molar-refractivity contribution in [1.82, 2.24) is 14.5 Å². The highest BCUT2D eigenvalue weighted by Crippen LogP contribution is 2.23. The summed E-state index contributed by atoms with van der Waals surface area (Å²) in [5.74, 6) is 0.512. The third kappa shape index (κ3) is 2.63. The third-order valence-electron chi connectivity index (χ3n) is 4.38. The quantitative estimate of drug-likeness (QED) is 0.873. The van der Waals surface area contributed by atoms with E-state index in [1.165, 1.54) is 6.07 Å². The summed E-state index contributed by atoms with van der Waals surface area (Å²) in [5.41, 5.74) is 0.963. The van der Waals surface area contributed by atoms with E-state index in [0.29, 0.717) is 11.3 Å². The predicted octanol–water partition coefficient (Wildman–Crippen LogP) is 3.19. The van der Waals surface area contributed by atoms with E-state index in [0.717, 1.165) is 31.6 Å². The molecule has 0 N–H and O–H groups in total. The van der Waals surface area contributed by atoms with Crippen LogP contribution in [0.2, 0.25) is 0 Å². The number of amides is 1. The summed E-state index contributed by atoms with van der Waals surface area (Å²) in [6.45, 7) is 2.74. The van der Waals surface area contributed by atoms with Gasteiger partial charge >= 0.3 is 0 Å². The Bertz CT molecular complexity index is 671. The third-order valence-corrected chi connectivity index (χ3v) is 4.38. The maximum Gasteiger partial charge on any atom is 0.274 e. The average Bonchev–Trinajstić information content (AvgIpc) is 2.97. The Morgan fingerprint density at radius 3 is 2.86 bits per heavy atom. The summed E-state index contributed by atoms with van der Waals surface area (Å²) >= 11 is 0. The lowest BCUT2D eigenvalue weighted by molar-refractivity contribution is 0.0735. The Labute approximate surface area is 129 Å². The monoisotopic (exact) mass is 301 g/mol. The zero-order valence-electron chi connectivity index (χ0n) is 12.9.